The van der Waals surface area contributed by atoms with E-state index < -0.39 is 17.0 Å². The third kappa shape index (κ3) is 4.25. The number of aliphatic imine (C=N–C) groups is 1. The van der Waals surface area contributed by atoms with Gasteiger partial charge in [-0.25, -0.2) is 9.38 Å². The van der Waals surface area contributed by atoms with Gasteiger partial charge < -0.3 is 4.74 Å². The van der Waals surface area contributed by atoms with Crippen LogP contribution in [-0.4, -0.2) is 29.4 Å². The number of rotatable bonds is 4. The molecule has 0 N–H and O–H groups in total. The number of halogens is 1. The highest BCUT2D eigenvalue weighted by Crippen LogP contribution is 2.31. The van der Waals surface area contributed by atoms with Crippen molar-refractivity contribution in [1.82, 2.24) is 0 Å². The van der Waals surface area contributed by atoms with Crippen LogP contribution in [0.25, 0.3) is 6.08 Å². The normalized spacial score (nSPS) is 16.4. The van der Waals surface area contributed by atoms with Crippen molar-refractivity contribution in [2.45, 2.75) is 12.2 Å². The largest absolute Gasteiger partial charge is 0.468 e. The number of anilines is 1. The summed E-state index contributed by atoms with van der Waals surface area (Å²) in [6, 6.07) is 14.9. The van der Waals surface area contributed by atoms with Gasteiger partial charge in [0.1, 0.15) is 16.8 Å². The number of hydrogen-bond donors (Lipinski definition) is 0. The molecular formula is C20H17FN2O3S. The fourth-order valence-electron chi connectivity index (χ4n) is 2.47. The van der Waals surface area contributed by atoms with Gasteiger partial charge in [-0.15, -0.1) is 0 Å². The molecule has 1 amide bonds. The van der Waals surface area contributed by atoms with Crippen molar-refractivity contribution in [3.8, 4) is 0 Å². The highest BCUT2D eigenvalue weighted by molar-refractivity contribution is 8.15. The van der Waals surface area contributed by atoms with Crippen LogP contribution in [-0.2, 0) is 14.3 Å². The minimum Gasteiger partial charge on any atom is -0.468 e. The zero-order valence-corrected chi connectivity index (χ0v) is 15.6. The predicted octanol–water partition coefficient (Wildman–Crippen LogP) is 3.86. The van der Waals surface area contributed by atoms with E-state index in [-0.39, 0.29) is 11.6 Å². The van der Waals surface area contributed by atoms with Crippen LogP contribution in [0, 0.1) is 5.82 Å². The van der Waals surface area contributed by atoms with Crippen molar-refractivity contribution in [1.29, 1.82) is 0 Å². The van der Waals surface area contributed by atoms with Gasteiger partial charge in [0, 0.05) is 0 Å². The Balaban J connectivity index is 1.98. The molecule has 0 spiro atoms. The van der Waals surface area contributed by atoms with Crippen LogP contribution in [0.5, 0.6) is 0 Å². The Morgan fingerprint density at radius 2 is 1.85 bits per heavy atom. The predicted molar refractivity (Wildman–Crippen MR) is 105 cm³/mol. The van der Waals surface area contributed by atoms with E-state index in [0.29, 0.717) is 10.9 Å². The first kappa shape index (κ1) is 18.8. The summed E-state index contributed by atoms with van der Waals surface area (Å²) in [5.74, 6) is -1.17. The average Bonchev–Trinajstić information content (AvgIpc) is 2.97. The molecule has 1 aliphatic rings. The quantitative estimate of drug-likeness (QED) is 0.593. The summed E-state index contributed by atoms with van der Waals surface area (Å²) in [6.45, 7) is 1.67. The molecule has 0 saturated heterocycles. The van der Waals surface area contributed by atoms with Crippen molar-refractivity contribution >= 4 is 40.6 Å². The lowest BCUT2D eigenvalue weighted by Crippen LogP contribution is -2.32. The molecule has 3 rings (SSSR count). The van der Waals surface area contributed by atoms with Crippen molar-refractivity contribution in [2.75, 3.05) is 12.0 Å². The van der Waals surface area contributed by atoms with E-state index >= 15 is 0 Å². The van der Waals surface area contributed by atoms with Crippen LogP contribution in [0.4, 0.5) is 10.1 Å². The monoisotopic (exact) mass is 384 g/mol. The maximum Gasteiger partial charge on any atom is 0.318 e. The zero-order chi connectivity index (χ0) is 19.4. The second-order valence-electron chi connectivity index (χ2n) is 5.73. The van der Waals surface area contributed by atoms with Crippen molar-refractivity contribution in [3.05, 3.63) is 71.7 Å². The van der Waals surface area contributed by atoms with Crippen molar-refractivity contribution in [3.63, 3.8) is 0 Å². The molecule has 0 aliphatic carbocycles. The number of amidine groups is 1. The fourth-order valence-corrected chi connectivity index (χ4v) is 3.43. The van der Waals surface area contributed by atoms with E-state index in [1.807, 2.05) is 30.3 Å². The molecule has 2 aromatic carbocycles. The molecule has 27 heavy (non-hydrogen) atoms. The smallest absolute Gasteiger partial charge is 0.318 e. The van der Waals surface area contributed by atoms with Gasteiger partial charge >= 0.3 is 5.97 Å². The Morgan fingerprint density at radius 1 is 1.19 bits per heavy atom. The number of carbonyl (C=O) groups excluding carboxylic acids is 2. The molecule has 0 saturated carbocycles. The maximum atomic E-state index is 13.3. The van der Waals surface area contributed by atoms with E-state index in [0.717, 1.165) is 17.3 Å². The number of benzene rings is 2. The number of hydrogen-bond acceptors (Lipinski definition) is 5. The first-order valence-corrected chi connectivity index (χ1v) is 9.07. The van der Waals surface area contributed by atoms with Crippen LogP contribution in [0.1, 0.15) is 12.5 Å². The summed E-state index contributed by atoms with van der Waals surface area (Å²) in [5, 5.41) is -0.215. The highest BCUT2D eigenvalue weighted by atomic mass is 32.2. The van der Waals surface area contributed by atoms with Gasteiger partial charge in [0.25, 0.3) is 5.91 Å². The molecule has 0 fully saturated rings. The standard InChI is InChI=1S/C20H17FN2O3S/c1-13(19(25)26-2)27-20-22-17(12-14-6-4-3-5-7-14)18(24)23(20)16-10-8-15(21)9-11-16/h3-13H,1-2H3/b17-12-. The van der Waals surface area contributed by atoms with Gasteiger partial charge in [0.15, 0.2) is 5.17 Å². The van der Waals surface area contributed by atoms with Gasteiger partial charge in [0.05, 0.1) is 12.8 Å². The molecule has 7 heteroatoms. The van der Waals surface area contributed by atoms with E-state index in [1.165, 1.54) is 36.3 Å². The molecule has 0 bridgehead atoms. The molecule has 0 aromatic heterocycles. The molecular weight excluding hydrogens is 367 g/mol. The number of esters is 1. The van der Waals surface area contributed by atoms with Gasteiger partial charge in [-0.3, -0.25) is 14.5 Å². The number of ether oxygens (including phenoxy) is 1. The van der Waals surface area contributed by atoms with Crippen molar-refractivity contribution < 1.29 is 18.7 Å². The average molecular weight is 384 g/mol. The Morgan fingerprint density at radius 3 is 2.48 bits per heavy atom. The first-order valence-electron chi connectivity index (χ1n) is 8.19. The van der Waals surface area contributed by atoms with E-state index in [9.17, 15) is 14.0 Å². The Bertz CT molecular complexity index is 911. The lowest BCUT2D eigenvalue weighted by Gasteiger charge is -2.19. The lowest BCUT2D eigenvalue weighted by molar-refractivity contribution is -0.139. The molecule has 1 aliphatic heterocycles. The zero-order valence-electron chi connectivity index (χ0n) is 14.8. The first-order chi connectivity index (χ1) is 13.0. The Hall–Kier alpha value is -2.93. The third-order valence-electron chi connectivity index (χ3n) is 3.83. The van der Waals surface area contributed by atoms with Gasteiger partial charge in [-0.1, -0.05) is 42.1 Å². The topological polar surface area (TPSA) is 59.0 Å². The number of nitrogens with zero attached hydrogens (tertiary/aromatic N) is 2. The van der Waals surface area contributed by atoms with Gasteiger partial charge in [-0.2, -0.15) is 0 Å². The number of thioether (sulfide) groups is 1. The van der Waals surface area contributed by atoms with Crippen LogP contribution >= 0.6 is 11.8 Å². The SMILES string of the molecule is COC(=O)C(C)SC1=N/C(=C\c2ccccc2)C(=O)N1c1ccc(F)cc1. The minimum absolute atomic E-state index is 0.241. The van der Waals surface area contributed by atoms with Crippen molar-refractivity contribution in [2.24, 2.45) is 4.99 Å². The highest BCUT2D eigenvalue weighted by Gasteiger charge is 2.34. The molecule has 138 valence electrons. The second-order valence-corrected chi connectivity index (χ2v) is 7.04. The lowest BCUT2D eigenvalue weighted by atomic mass is 10.2. The Kier molecular flexibility index (Phi) is 5.71. The third-order valence-corrected chi connectivity index (χ3v) is 4.86. The fraction of sp³-hybridized carbons (Fsp3) is 0.150. The van der Waals surface area contributed by atoms with Crippen LogP contribution in [0.3, 0.4) is 0 Å². The van der Waals surface area contributed by atoms with E-state index in [2.05, 4.69) is 4.99 Å². The number of methoxy groups -OCH3 is 1. The van der Waals surface area contributed by atoms with E-state index in [1.54, 1.807) is 13.0 Å². The van der Waals surface area contributed by atoms with Crippen LogP contribution in [0.15, 0.2) is 65.3 Å². The van der Waals surface area contributed by atoms with Gasteiger partial charge in [-0.05, 0) is 42.8 Å². The molecule has 0 radical (unpaired) electrons. The summed E-state index contributed by atoms with van der Waals surface area (Å²) >= 11 is 1.11. The summed E-state index contributed by atoms with van der Waals surface area (Å²) in [5.41, 5.74) is 1.54. The minimum atomic E-state index is -0.555. The number of amides is 1. The van der Waals surface area contributed by atoms with Crippen LogP contribution in [0.2, 0.25) is 0 Å². The van der Waals surface area contributed by atoms with E-state index in [4.69, 9.17) is 4.74 Å². The molecule has 1 unspecified atom stereocenters. The summed E-state index contributed by atoms with van der Waals surface area (Å²) in [7, 11) is 1.31. The molecule has 1 heterocycles. The summed E-state index contributed by atoms with van der Waals surface area (Å²) in [6.07, 6.45) is 1.68. The summed E-state index contributed by atoms with van der Waals surface area (Å²) in [4.78, 5) is 30.5. The molecule has 2 aromatic rings. The summed E-state index contributed by atoms with van der Waals surface area (Å²) < 4.78 is 18.0. The maximum absolute atomic E-state index is 13.3. The van der Waals surface area contributed by atoms with Crippen LogP contribution < -0.4 is 4.90 Å². The second kappa shape index (κ2) is 8.18. The van der Waals surface area contributed by atoms with Gasteiger partial charge in [0.2, 0.25) is 0 Å². The number of carbonyl (C=O) groups is 2. The Labute approximate surface area is 160 Å². The molecule has 5 nitrogen and oxygen atoms in total. The molecule has 1 atom stereocenters.